The summed E-state index contributed by atoms with van der Waals surface area (Å²) in [6.07, 6.45) is 0. The highest BCUT2D eigenvalue weighted by Gasteiger charge is 2.27. The molecule has 1 heterocycles. The summed E-state index contributed by atoms with van der Waals surface area (Å²) in [5, 5.41) is 8.02. The Morgan fingerprint density at radius 3 is 1.96 bits per heavy atom. The van der Waals surface area contributed by atoms with E-state index < -0.39 is 10.0 Å². The number of fused-ring (bicyclic) bond motifs is 2. The topological polar surface area (TPSA) is 92.5 Å². The van der Waals surface area contributed by atoms with Crippen molar-refractivity contribution in [3.63, 3.8) is 0 Å². The summed E-state index contributed by atoms with van der Waals surface area (Å²) in [5.41, 5.74) is 2.43. The van der Waals surface area contributed by atoms with Crippen LogP contribution in [-0.4, -0.2) is 14.4 Å². The van der Waals surface area contributed by atoms with Crippen LogP contribution in [0.3, 0.4) is 0 Å². The number of sulfonamides is 1. The second kappa shape index (κ2) is 7.31. The number of rotatable bonds is 3. The summed E-state index contributed by atoms with van der Waals surface area (Å²) in [5.74, 6) is 0. The maximum atomic E-state index is 13.0. The number of hydrogen-bond acceptors (Lipinski definition) is 4. The van der Waals surface area contributed by atoms with Crippen LogP contribution in [0.4, 0.5) is 16.2 Å². The number of nitrogens with zero attached hydrogens (tertiary/aromatic N) is 1. The van der Waals surface area contributed by atoms with Crippen LogP contribution in [0.2, 0.25) is 0 Å². The summed E-state index contributed by atoms with van der Waals surface area (Å²) < 4.78 is 22.7. The van der Waals surface area contributed by atoms with E-state index in [1.54, 1.807) is 28.8 Å². The molecule has 6 nitrogen and oxygen atoms in total. The van der Waals surface area contributed by atoms with Gasteiger partial charge in [-0.15, -0.1) is 0 Å². The van der Waals surface area contributed by atoms with E-state index >= 15 is 0 Å². The van der Waals surface area contributed by atoms with Gasteiger partial charge in [-0.1, -0.05) is 48.2 Å². The minimum Gasteiger partial charge on any atom is -0.333 e. The maximum absolute atomic E-state index is 13.0. The summed E-state index contributed by atoms with van der Waals surface area (Å²) >= 11 is 1.63. The lowest BCUT2D eigenvalue weighted by Crippen LogP contribution is -2.37. The van der Waals surface area contributed by atoms with Gasteiger partial charge in [0, 0.05) is 16.3 Å². The second-order valence-electron chi connectivity index (χ2n) is 6.22. The van der Waals surface area contributed by atoms with Crippen molar-refractivity contribution in [2.24, 2.45) is 5.14 Å². The monoisotopic (exact) mass is 411 g/mol. The smallest absolute Gasteiger partial charge is 0.326 e. The van der Waals surface area contributed by atoms with Crippen molar-refractivity contribution in [3.05, 3.63) is 78.4 Å². The zero-order chi connectivity index (χ0) is 19.7. The van der Waals surface area contributed by atoms with E-state index in [-0.39, 0.29) is 17.5 Å². The van der Waals surface area contributed by atoms with Gasteiger partial charge in [-0.25, -0.2) is 18.4 Å². The predicted molar refractivity (Wildman–Crippen MR) is 109 cm³/mol. The first-order valence-electron chi connectivity index (χ1n) is 8.49. The van der Waals surface area contributed by atoms with Gasteiger partial charge in [-0.05, 0) is 42.0 Å². The fraction of sp³-hybridized carbons (Fsp3) is 0.0500. The first-order valence-corrected chi connectivity index (χ1v) is 10.9. The normalized spacial score (nSPS) is 12.8. The Bertz CT molecular complexity index is 1100. The Hall–Kier alpha value is -2.81. The summed E-state index contributed by atoms with van der Waals surface area (Å²) in [7, 11) is -3.73. The van der Waals surface area contributed by atoms with Crippen LogP contribution in [0.5, 0.6) is 0 Å². The highest BCUT2D eigenvalue weighted by molar-refractivity contribution is 7.99. The molecule has 0 saturated carbocycles. The first kappa shape index (κ1) is 18.5. The standard InChI is InChI=1S/C20H17N3O3S2/c21-28(25,26)15-11-9-14(10-12-15)13-22-20(24)23-16-5-1-3-7-18(16)27-19-8-4-2-6-17(19)23/h1-12H,13H2,(H,22,24)(H2,21,25,26). The van der Waals surface area contributed by atoms with Crippen molar-refractivity contribution in [2.75, 3.05) is 4.90 Å². The van der Waals surface area contributed by atoms with Crippen LogP contribution >= 0.6 is 11.8 Å². The highest BCUT2D eigenvalue weighted by Crippen LogP contribution is 2.47. The Morgan fingerprint density at radius 1 is 0.893 bits per heavy atom. The Labute approximate surface area is 167 Å². The highest BCUT2D eigenvalue weighted by atomic mass is 32.2. The molecule has 8 heteroatoms. The number of carbonyl (C=O) groups is 1. The molecule has 3 aromatic rings. The molecule has 3 aromatic carbocycles. The molecule has 0 atom stereocenters. The Kier molecular flexibility index (Phi) is 4.84. The number of anilines is 2. The van der Waals surface area contributed by atoms with Gasteiger partial charge in [-0.2, -0.15) is 0 Å². The van der Waals surface area contributed by atoms with E-state index in [2.05, 4.69) is 5.32 Å². The fourth-order valence-corrected chi connectivity index (χ4v) is 4.55. The van der Waals surface area contributed by atoms with Gasteiger partial charge in [0.2, 0.25) is 10.0 Å². The van der Waals surface area contributed by atoms with Crippen molar-refractivity contribution in [2.45, 2.75) is 21.2 Å². The lowest BCUT2D eigenvalue weighted by molar-refractivity contribution is 0.248. The number of hydrogen-bond donors (Lipinski definition) is 2. The number of nitrogens with one attached hydrogen (secondary N) is 1. The number of benzene rings is 3. The van der Waals surface area contributed by atoms with E-state index in [9.17, 15) is 13.2 Å². The third-order valence-corrected chi connectivity index (χ3v) is 6.39. The lowest BCUT2D eigenvalue weighted by Gasteiger charge is -2.31. The third-order valence-electron chi connectivity index (χ3n) is 4.33. The Balaban J connectivity index is 1.57. The van der Waals surface area contributed by atoms with Gasteiger partial charge in [0.1, 0.15) is 0 Å². The van der Waals surface area contributed by atoms with Gasteiger partial charge in [0.15, 0.2) is 0 Å². The molecule has 2 amide bonds. The van der Waals surface area contributed by atoms with Crippen molar-refractivity contribution >= 4 is 39.2 Å². The molecule has 0 spiro atoms. The van der Waals surface area contributed by atoms with Crippen molar-refractivity contribution < 1.29 is 13.2 Å². The average Bonchev–Trinajstić information content (AvgIpc) is 2.70. The SMILES string of the molecule is NS(=O)(=O)c1ccc(CNC(=O)N2c3ccccc3Sc3ccccc32)cc1. The molecule has 0 fully saturated rings. The predicted octanol–water partition coefficient (Wildman–Crippen LogP) is 3.85. The zero-order valence-corrected chi connectivity index (χ0v) is 16.3. The zero-order valence-electron chi connectivity index (χ0n) is 14.7. The number of urea groups is 1. The number of para-hydroxylation sites is 2. The maximum Gasteiger partial charge on any atom is 0.326 e. The number of carbonyl (C=O) groups excluding carboxylic acids is 1. The quantitative estimate of drug-likeness (QED) is 0.685. The fourth-order valence-electron chi connectivity index (χ4n) is 2.98. The molecule has 0 saturated heterocycles. The van der Waals surface area contributed by atoms with Crippen LogP contribution in [0.15, 0.2) is 87.5 Å². The summed E-state index contributed by atoms with van der Waals surface area (Å²) in [6.45, 7) is 0.262. The van der Waals surface area contributed by atoms with Crippen LogP contribution in [0.1, 0.15) is 5.56 Å². The minimum atomic E-state index is -3.73. The number of primary sulfonamides is 1. The summed E-state index contributed by atoms with van der Waals surface area (Å²) in [4.78, 5) is 16.7. The van der Waals surface area contributed by atoms with Crippen molar-refractivity contribution in [1.82, 2.24) is 5.32 Å². The Morgan fingerprint density at radius 2 is 1.43 bits per heavy atom. The van der Waals surface area contributed by atoms with Crippen LogP contribution in [0.25, 0.3) is 0 Å². The van der Waals surface area contributed by atoms with Crippen LogP contribution in [0, 0.1) is 0 Å². The third kappa shape index (κ3) is 3.62. The van der Waals surface area contributed by atoms with Gasteiger partial charge >= 0.3 is 6.03 Å². The van der Waals surface area contributed by atoms with E-state index in [1.165, 1.54) is 12.1 Å². The van der Waals surface area contributed by atoms with E-state index in [1.807, 2.05) is 48.5 Å². The average molecular weight is 412 g/mol. The van der Waals surface area contributed by atoms with Gasteiger partial charge in [0.05, 0.1) is 16.3 Å². The van der Waals surface area contributed by atoms with Crippen molar-refractivity contribution in [1.29, 1.82) is 0 Å². The number of amides is 2. The van der Waals surface area contributed by atoms with E-state index in [0.717, 1.165) is 26.7 Å². The second-order valence-corrected chi connectivity index (χ2v) is 8.87. The van der Waals surface area contributed by atoms with E-state index in [4.69, 9.17) is 5.14 Å². The molecule has 0 aliphatic carbocycles. The molecule has 1 aliphatic heterocycles. The van der Waals surface area contributed by atoms with E-state index in [0.29, 0.717) is 0 Å². The first-order chi connectivity index (χ1) is 13.4. The molecular formula is C20H17N3O3S2. The molecule has 142 valence electrons. The molecule has 0 radical (unpaired) electrons. The molecule has 3 N–H and O–H groups in total. The van der Waals surface area contributed by atoms with Gasteiger partial charge in [-0.3, -0.25) is 4.90 Å². The van der Waals surface area contributed by atoms with Crippen LogP contribution in [-0.2, 0) is 16.6 Å². The largest absolute Gasteiger partial charge is 0.333 e. The van der Waals surface area contributed by atoms with Crippen molar-refractivity contribution in [3.8, 4) is 0 Å². The molecule has 1 aliphatic rings. The van der Waals surface area contributed by atoms with Gasteiger partial charge < -0.3 is 5.32 Å². The summed E-state index contributed by atoms with van der Waals surface area (Å²) in [6, 6.07) is 21.4. The molecular weight excluding hydrogens is 394 g/mol. The molecule has 0 bridgehead atoms. The minimum absolute atomic E-state index is 0.0403. The molecule has 0 aromatic heterocycles. The lowest BCUT2D eigenvalue weighted by atomic mass is 10.2. The molecule has 28 heavy (non-hydrogen) atoms. The molecule has 4 rings (SSSR count). The molecule has 0 unspecified atom stereocenters. The van der Waals surface area contributed by atoms with Gasteiger partial charge in [0.25, 0.3) is 0 Å². The van der Waals surface area contributed by atoms with Crippen LogP contribution < -0.4 is 15.4 Å². The number of nitrogens with two attached hydrogens (primary N) is 1.